The first-order valence-corrected chi connectivity index (χ1v) is 5.64. The number of hydrogen-bond acceptors (Lipinski definition) is 3. The van der Waals surface area contributed by atoms with E-state index >= 15 is 0 Å². The second-order valence-corrected chi connectivity index (χ2v) is 4.21. The van der Waals surface area contributed by atoms with Crippen molar-refractivity contribution in [3.05, 3.63) is 24.0 Å². The summed E-state index contributed by atoms with van der Waals surface area (Å²) in [6.45, 7) is 4.30. The molecule has 1 aliphatic heterocycles. The number of rotatable bonds is 2. The molecule has 2 rings (SSSR count). The SMILES string of the molecule is CNC1CCN(c2ccc(C)nc2)CC1. The molecule has 1 aromatic heterocycles. The molecule has 3 nitrogen and oxygen atoms in total. The van der Waals surface area contributed by atoms with Gasteiger partial charge in [-0.2, -0.15) is 0 Å². The van der Waals surface area contributed by atoms with Crippen molar-refractivity contribution < 1.29 is 0 Å². The third-order valence-corrected chi connectivity index (χ3v) is 3.16. The first-order valence-electron chi connectivity index (χ1n) is 5.64. The molecule has 0 unspecified atom stereocenters. The molecule has 1 fully saturated rings. The predicted octanol–water partition coefficient (Wildman–Crippen LogP) is 1.58. The molecule has 0 saturated carbocycles. The summed E-state index contributed by atoms with van der Waals surface area (Å²) in [5.41, 5.74) is 2.35. The predicted molar refractivity (Wildman–Crippen MR) is 63.3 cm³/mol. The molecule has 0 amide bonds. The molecule has 0 atom stereocenters. The van der Waals surface area contributed by atoms with Crippen molar-refractivity contribution in [1.29, 1.82) is 0 Å². The zero-order chi connectivity index (χ0) is 10.7. The second kappa shape index (κ2) is 4.62. The largest absolute Gasteiger partial charge is 0.370 e. The molecule has 1 aliphatic rings. The van der Waals surface area contributed by atoms with Crippen LogP contribution < -0.4 is 10.2 Å². The van der Waals surface area contributed by atoms with Crippen LogP contribution in [0.25, 0.3) is 0 Å². The average Bonchev–Trinajstić information content (AvgIpc) is 2.30. The summed E-state index contributed by atoms with van der Waals surface area (Å²) < 4.78 is 0. The number of nitrogens with one attached hydrogen (secondary N) is 1. The van der Waals surface area contributed by atoms with Crippen LogP contribution >= 0.6 is 0 Å². The fourth-order valence-corrected chi connectivity index (χ4v) is 2.07. The van der Waals surface area contributed by atoms with Gasteiger partial charge < -0.3 is 10.2 Å². The van der Waals surface area contributed by atoms with Gasteiger partial charge in [-0.25, -0.2) is 0 Å². The topological polar surface area (TPSA) is 28.2 Å². The minimum absolute atomic E-state index is 0.694. The van der Waals surface area contributed by atoms with Crippen molar-refractivity contribution in [2.45, 2.75) is 25.8 Å². The molecule has 0 bridgehead atoms. The van der Waals surface area contributed by atoms with E-state index < -0.39 is 0 Å². The third-order valence-electron chi connectivity index (χ3n) is 3.16. The molecule has 1 aromatic rings. The van der Waals surface area contributed by atoms with E-state index in [4.69, 9.17) is 0 Å². The lowest BCUT2D eigenvalue weighted by Crippen LogP contribution is -2.41. The quantitative estimate of drug-likeness (QED) is 0.794. The van der Waals surface area contributed by atoms with Crippen LogP contribution in [0, 0.1) is 6.92 Å². The van der Waals surface area contributed by atoms with Crippen LogP contribution in [0.1, 0.15) is 18.5 Å². The third kappa shape index (κ3) is 2.48. The molecule has 0 radical (unpaired) electrons. The van der Waals surface area contributed by atoms with Crippen LogP contribution in [-0.4, -0.2) is 31.2 Å². The van der Waals surface area contributed by atoms with Gasteiger partial charge in [-0.15, -0.1) is 0 Å². The molecule has 1 N–H and O–H groups in total. The van der Waals surface area contributed by atoms with Crippen molar-refractivity contribution in [2.24, 2.45) is 0 Å². The summed E-state index contributed by atoms with van der Waals surface area (Å²) in [5, 5.41) is 3.34. The number of pyridine rings is 1. The van der Waals surface area contributed by atoms with E-state index in [1.807, 2.05) is 20.2 Å². The van der Waals surface area contributed by atoms with Crippen molar-refractivity contribution in [3.63, 3.8) is 0 Å². The van der Waals surface area contributed by atoms with Gasteiger partial charge in [0.25, 0.3) is 0 Å². The van der Waals surface area contributed by atoms with E-state index in [1.54, 1.807) is 0 Å². The van der Waals surface area contributed by atoms with Gasteiger partial charge in [0.15, 0.2) is 0 Å². The van der Waals surface area contributed by atoms with Crippen LogP contribution in [0.15, 0.2) is 18.3 Å². The van der Waals surface area contributed by atoms with Crippen LogP contribution in [-0.2, 0) is 0 Å². The molecule has 82 valence electrons. The molecule has 0 aromatic carbocycles. The van der Waals surface area contributed by atoms with E-state index in [9.17, 15) is 0 Å². The van der Waals surface area contributed by atoms with E-state index in [0.717, 1.165) is 18.8 Å². The van der Waals surface area contributed by atoms with Crippen molar-refractivity contribution in [2.75, 3.05) is 25.0 Å². The monoisotopic (exact) mass is 205 g/mol. The van der Waals surface area contributed by atoms with Gasteiger partial charge in [-0.1, -0.05) is 0 Å². The Balaban J connectivity index is 1.98. The molecular weight excluding hydrogens is 186 g/mol. The Kier molecular flexibility index (Phi) is 3.21. The minimum atomic E-state index is 0.694. The van der Waals surface area contributed by atoms with Crippen LogP contribution in [0.4, 0.5) is 5.69 Å². The van der Waals surface area contributed by atoms with Crippen molar-refractivity contribution >= 4 is 5.69 Å². The van der Waals surface area contributed by atoms with E-state index in [-0.39, 0.29) is 0 Å². The second-order valence-electron chi connectivity index (χ2n) is 4.21. The highest BCUT2D eigenvalue weighted by atomic mass is 15.1. The minimum Gasteiger partial charge on any atom is -0.370 e. The zero-order valence-electron chi connectivity index (χ0n) is 9.53. The van der Waals surface area contributed by atoms with Gasteiger partial charge in [0.05, 0.1) is 11.9 Å². The lowest BCUT2D eigenvalue weighted by atomic mass is 10.1. The lowest BCUT2D eigenvalue weighted by Gasteiger charge is -2.33. The van der Waals surface area contributed by atoms with E-state index in [2.05, 4.69) is 27.3 Å². The van der Waals surface area contributed by atoms with Gasteiger partial charge in [0.1, 0.15) is 0 Å². The summed E-state index contributed by atoms with van der Waals surface area (Å²) in [6, 6.07) is 4.95. The number of hydrogen-bond donors (Lipinski definition) is 1. The maximum atomic E-state index is 4.34. The first kappa shape index (κ1) is 10.4. The lowest BCUT2D eigenvalue weighted by molar-refractivity contribution is 0.442. The van der Waals surface area contributed by atoms with Gasteiger partial charge in [-0.05, 0) is 38.9 Å². The zero-order valence-corrected chi connectivity index (χ0v) is 9.53. The molecule has 15 heavy (non-hydrogen) atoms. The number of piperidine rings is 1. The van der Waals surface area contributed by atoms with Crippen molar-refractivity contribution in [1.82, 2.24) is 10.3 Å². The Morgan fingerprint density at radius 1 is 1.33 bits per heavy atom. The van der Waals surface area contributed by atoms with Gasteiger partial charge in [0, 0.05) is 24.8 Å². The molecule has 2 heterocycles. The summed E-state index contributed by atoms with van der Waals surface area (Å²) in [5.74, 6) is 0. The Morgan fingerprint density at radius 2 is 2.07 bits per heavy atom. The van der Waals surface area contributed by atoms with Crippen molar-refractivity contribution in [3.8, 4) is 0 Å². The number of aryl methyl sites for hydroxylation is 1. The van der Waals surface area contributed by atoms with Crippen LogP contribution in [0.3, 0.4) is 0 Å². The fraction of sp³-hybridized carbons (Fsp3) is 0.583. The summed E-state index contributed by atoms with van der Waals surface area (Å²) in [6.07, 6.45) is 4.43. The number of anilines is 1. The summed E-state index contributed by atoms with van der Waals surface area (Å²) in [4.78, 5) is 6.75. The van der Waals surface area contributed by atoms with Gasteiger partial charge in [-0.3, -0.25) is 4.98 Å². The Bertz CT molecular complexity index is 299. The molecule has 0 aliphatic carbocycles. The Hall–Kier alpha value is -1.09. The highest BCUT2D eigenvalue weighted by Crippen LogP contribution is 2.18. The van der Waals surface area contributed by atoms with Gasteiger partial charge in [0.2, 0.25) is 0 Å². The van der Waals surface area contributed by atoms with E-state index in [0.29, 0.717) is 6.04 Å². The molecule has 3 heteroatoms. The summed E-state index contributed by atoms with van der Waals surface area (Å²) in [7, 11) is 2.05. The van der Waals surface area contributed by atoms with Gasteiger partial charge >= 0.3 is 0 Å². The number of aromatic nitrogens is 1. The van der Waals surface area contributed by atoms with E-state index in [1.165, 1.54) is 18.5 Å². The molecule has 1 saturated heterocycles. The highest BCUT2D eigenvalue weighted by molar-refractivity contribution is 5.44. The smallest absolute Gasteiger partial charge is 0.0552 e. The maximum absolute atomic E-state index is 4.34. The maximum Gasteiger partial charge on any atom is 0.0552 e. The molecular formula is C12H19N3. The fourth-order valence-electron chi connectivity index (χ4n) is 2.07. The standard InChI is InChI=1S/C12H19N3/c1-10-3-4-12(9-14-10)15-7-5-11(13-2)6-8-15/h3-4,9,11,13H,5-8H2,1-2H3. The number of nitrogens with zero attached hydrogens (tertiary/aromatic N) is 2. The Morgan fingerprint density at radius 3 is 2.60 bits per heavy atom. The first-order chi connectivity index (χ1) is 7.29. The Labute approximate surface area is 91.5 Å². The molecule has 0 spiro atoms. The summed E-state index contributed by atoms with van der Waals surface area (Å²) >= 11 is 0. The van der Waals surface area contributed by atoms with Crippen LogP contribution in [0.2, 0.25) is 0 Å². The highest BCUT2D eigenvalue weighted by Gasteiger charge is 2.17. The van der Waals surface area contributed by atoms with Crippen LogP contribution in [0.5, 0.6) is 0 Å². The normalized spacial score (nSPS) is 18.1. The average molecular weight is 205 g/mol.